The van der Waals surface area contributed by atoms with Gasteiger partial charge in [-0.15, -0.1) is 71.9 Å². The maximum Gasteiger partial charge on any atom is 0.104 e. The lowest BCUT2D eigenvalue weighted by Gasteiger charge is -2.35. The van der Waals surface area contributed by atoms with Gasteiger partial charge in [0, 0.05) is 5.56 Å². The Hall–Kier alpha value is 1.37. The van der Waals surface area contributed by atoms with E-state index in [-0.39, 0.29) is 71.9 Å². The summed E-state index contributed by atoms with van der Waals surface area (Å²) in [6.45, 7) is 11.7. The van der Waals surface area contributed by atoms with Gasteiger partial charge in [0.15, 0.2) is 0 Å². The number of hydrogen-bond acceptors (Lipinski definition) is 0. The third-order valence-electron chi connectivity index (χ3n) is 3.37. The molecular formula is C13H25I3N+. The standard InChI is InChI=1S/C13H22N.3HI/c1-4-14(5-2,6-3)12-13-10-8-7-9-11-13;;;/h7-11H,4-6,12H2,1-3H3;3*1H/q+1;;;. The number of halogens is 3. The van der Waals surface area contributed by atoms with Gasteiger partial charge in [0.05, 0.1) is 19.6 Å². The van der Waals surface area contributed by atoms with E-state index in [2.05, 4.69) is 51.1 Å². The summed E-state index contributed by atoms with van der Waals surface area (Å²) in [5, 5.41) is 0. The summed E-state index contributed by atoms with van der Waals surface area (Å²) in [5.41, 5.74) is 1.46. The van der Waals surface area contributed by atoms with E-state index in [1.54, 1.807) is 0 Å². The lowest BCUT2D eigenvalue weighted by atomic mass is 10.2. The van der Waals surface area contributed by atoms with Gasteiger partial charge in [-0.2, -0.15) is 0 Å². The van der Waals surface area contributed by atoms with Gasteiger partial charge in [0.1, 0.15) is 6.54 Å². The second kappa shape index (κ2) is 12.4. The fourth-order valence-corrected chi connectivity index (χ4v) is 1.98. The molecule has 0 aromatic heterocycles. The molecule has 4 heteroatoms. The summed E-state index contributed by atoms with van der Waals surface area (Å²) in [7, 11) is 0. The Morgan fingerprint density at radius 1 is 0.765 bits per heavy atom. The molecule has 0 saturated heterocycles. The highest BCUT2D eigenvalue weighted by Gasteiger charge is 2.20. The number of hydrogen-bond donors (Lipinski definition) is 0. The van der Waals surface area contributed by atoms with Crippen molar-refractivity contribution in [3.05, 3.63) is 35.9 Å². The highest BCUT2D eigenvalue weighted by Crippen LogP contribution is 2.13. The third kappa shape index (κ3) is 7.51. The first kappa shape index (κ1) is 23.5. The Morgan fingerprint density at radius 2 is 1.18 bits per heavy atom. The Bertz CT molecular complexity index is 252. The van der Waals surface area contributed by atoms with E-state index in [4.69, 9.17) is 0 Å². The van der Waals surface area contributed by atoms with Gasteiger partial charge in [-0.3, -0.25) is 0 Å². The van der Waals surface area contributed by atoms with Crippen molar-refractivity contribution in [2.24, 2.45) is 0 Å². The molecular weight excluding hydrogens is 551 g/mol. The molecule has 1 aromatic rings. The first-order chi connectivity index (χ1) is 6.76. The van der Waals surface area contributed by atoms with Crippen LogP contribution in [0.2, 0.25) is 0 Å². The van der Waals surface area contributed by atoms with Gasteiger partial charge in [0.25, 0.3) is 0 Å². The monoisotopic (exact) mass is 576 g/mol. The van der Waals surface area contributed by atoms with Crippen LogP contribution in [0.4, 0.5) is 0 Å². The summed E-state index contributed by atoms with van der Waals surface area (Å²) in [6.07, 6.45) is 0. The molecule has 1 aromatic carbocycles. The van der Waals surface area contributed by atoms with E-state index in [1.165, 1.54) is 36.2 Å². The summed E-state index contributed by atoms with van der Waals surface area (Å²) < 4.78 is 1.20. The zero-order valence-corrected chi connectivity index (χ0v) is 17.9. The molecule has 0 unspecified atom stereocenters. The van der Waals surface area contributed by atoms with E-state index in [9.17, 15) is 0 Å². The average Bonchev–Trinajstić information content (AvgIpc) is 2.28. The van der Waals surface area contributed by atoms with Crippen molar-refractivity contribution in [1.29, 1.82) is 0 Å². The first-order valence-electron chi connectivity index (χ1n) is 5.65. The molecule has 0 N–H and O–H groups in total. The topological polar surface area (TPSA) is 0 Å². The van der Waals surface area contributed by atoms with E-state index >= 15 is 0 Å². The lowest BCUT2D eigenvalue weighted by Crippen LogP contribution is -2.46. The highest BCUT2D eigenvalue weighted by molar-refractivity contribution is 14.0. The van der Waals surface area contributed by atoms with Crippen LogP contribution in [-0.2, 0) is 6.54 Å². The van der Waals surface area contributed by atoms with Crippen LogP contribution in [0.15, 0.2) is 30.3 Å². The molecule has 102 valence electrons. The second-order valence-corrected chi connectivity index (χ2v) is 3.93. The Kier molecular flexibility index (Phi) is 17.1. The SMILES string of the molecule is CC[N+](CC)(CC)Cc1ccccc1.I.I.I. The minimum absolute atomic E-state index is 0. The molecule has 0 bridgehead atoms. The molecule has 0 aliphatic rings. The molecule has 0 heterocycles. The molecule has 0 aliphatic carbocycles. The van der Waals surface area contributed by atoms with Crippen molar-refractivity contribution >= 4 is 71.9 Å². The van der Waals surface area contributed by atoms with Crippen molar-refractivity contribution in [2.45, 2.75) is 27.3 Å². The molecule has 0 spiro atoms. The highest BCUT2D eigenvalue weighted by atomic mass is 127. The molecule has 0 atom stereocenters. The van der Waals surface area contributed by atoms with Gasteiger partial charge < -0.3 is 4.48 Å². The van der Waals surface area contributed by atoms with Crippen LogP contribution in [-0.4, -0.2) is 24.1 Å². The smallest absolute Gasteiger partial charge is 0.104 e. The molecule has 1 rings (SSSR count). The van der Waals surface area contributed by atoms with Gasteiger partial charge in [-0.25, -0.2) is 0 Å². The Labute approximate surface area is 157 Å². The molecule has 0 radical (unpaired) electrons. The van der Waals surface area contributed by atoms with Crippen LogP contribution in [0.1, 0.15) is 26.3 Å². The van der Waals surface area contributed by atoms with Crippen LogP contribution in [0.3, 0.4) is 0 Å². The van der Waals surface area contributed by atoms with E-state index in [0.29, 0.717) is 0 Å². The summed E-state index contributed by atoms with van der Waals surface area (Å²) >= 11 is 0. The van der Waals surface area contributed by atoms with E-state index in [1.807, 2.05) is 0 Å². The van der Waals surface area contributed by atoms with Crippen LogP contribution in [0, 0.1) is 0 Å². The number of rotatable bonds is 5. The molecule has 0 amide bonds. The zero-order valence-electron chi connectivity index (χ0n) is 10.9. The van der Waals surface area contributed by atoms with Gasteiger partial charge >= 0.3 is 0 Å². The second-order valence-electron chi connectivity index (χ2n) is 3.93. The number of quaternary nitrogens is 1. The Balaban J connectivity index is -0.000000653. The summed E-state index contributed by atoms with van der Waals surface area (Å²) in [5.74, 6) is 0. The van der Waals surface area contributed by atoms with Crippen molar-refractivity contribution in [3.8, 4) is 0 Å². The van der Waals surface area contributed by atoms with Crippen molar-refractivity contribution in [2.75, 3.05) is 19.6 Å². The minimum Gasteiger partial charge on any atom is -0.321 e. The fourth-order valence-electron chi connectivity index (χ4n) is 1.98. The van der Waals surface area contributed by atoms with E-state index < -0.39 is 0 Å². The van der Waals surface area contributed by atoms with Gasteiger partial charge in [-0.05, 0) is 20.8 Å². The largest absolute Gasteiger partial charge is 0.321 e. The quantitative estimate of drug-likeness (QED) is 0.346. The van der Waals surface area contributed by atoms with Crippen molar-refractivity contribution in [3.63, 3.8) is 0 Å². The van der Waals surface area contributed by atoms with Crippen LogP contribution < -0.4 is 0 Å². The third-order valence-corrected chi connectivity index (χ3v) is 3.37. The number of nitrogens with zero attached hydrogens (tertiary/aromatic N) is 1. The van der Waals surface area contributed by atoms with Gasteiger partial charge in [-0.1, -0.05) is 30.3 Å². The lowest BCUT2D eigenvalue weighted by molar-refractivity contribution is -0.936. The predicted octanol–water partition coefficient (Wildman–Crippen LogP) is 4.92. The zero-order chi connectivity index (χ0) is 10.4. The van der Waals surface area contributed by atoms with Gasteiger partial charge in [0.2, 0.25) is 0 Å². The number of benzene rings is 1. The summed E-state index contributed by atoms with van der Waals surface area (Å²) in [4.78, 5) is 0. The molecule has 0 fully saturated rings. The maximum absolute atomic E-state index is 2.29. The fraction of sp³-hybridized carbons (Fsp3) is 0.538. The maximum atomic E-state index is 2.29. The van der Waals surface area contributed by atoms with Crippen LogP contribution in [0.25, 0.3) is 0 Å². The predicted molar refractivity (Wildman–Crippen MR) is 108 cm³/mol. The molecule has 1 nitrogen and oxygen atoms in total. The van der Waals surface area contributed by atoms with Crippen LogP contribution in [0.5, 0.6) is 0 Å². The van der Waals surface area contributed by atoms with Crippen molar-refractivity contribution < 1.29 is 4.48 Å². The van der Waals surface area contributed by atoms with E-state index in [0.717, 1.165) is 0 Å². The Morgan fingerprint density at radius 3 is 1.53 bits per heavy atom. The average molecular weight is 576 g/mol. The summed E-state index contributed by atoms with van der Waals surface area (Å²) in [6, 6.07) is 10.8. The minimum atomic E-state index is 0. The first-order valence-corrected chi connectivity index (χ1v) is 5.65. The molecule has 0 saturated carbocycles. The molecule has 17 heavy (non-hydrogen) atoms. The van der Waals surface area contributed by atoms with Crippen molar-refractivity contribution in [1.82, 2.24) is 0 Å². The van der Waals surface area contributed by atoms with Crippen LogP contribution >= 0.6 is 71.9 Å². The normalized spacial score (nSPS) is 9.59. The molecule has 0 aliphatic heterocycles.